The van der Waals surface area contributed by atoms with Crippen molar-refractivity contribution in [2.45, 2.75) is 24.9 Å². The molecular weight excluding hydrogens is 267 g/mol. The lowest BCUT2D eigenvalue weighted by atomic mass is 10.2. The van der Waals surface area contributed by atoms with Crippen LogP contribution in [0.25, 0.3) is 0 Å². The molecule has 0 aromatic rings. The van der Waals surface area contributed by atoms with Crippen LogP contribution in [0.3, 0.4) is 0 Å². The zero-order chi connectivity index (χ0) is 14.4. The second kappa shape index (κ2) is 6.31. The van der Waals surface area contributed by atoms with Crippen LogP contribution in [0.4, 0.5) is 22.0 Å². The number of ether oxygens (including phenoxy) is 1. The molecule has 0 bridgehead atoms. The Morgan fingerprint density at radius 3 is 2.11 bits per heavy atom. The zero-order valence-electron chi connectivity index (χ0n) is 8.80. The van der Waals surface area contributed by atoms with Gasteiger partial charge in [0.05, 0.1) is 12.6 Å². The van der Waals surface area contributed by atoms with E-state index in [1.165, 1.54) is 0 Å². The van der Waals surface area contributed by atoms with E-state index in [1.807, 2.05) is 0 Å². The summed E-state index contributed by atoms with van der Waals surface area (Å²) in [5.74, 6) is -7.69. The molecule has 0 saturated carbocycles. The third kappa shape index (κ3) is 6.16. The number of hydrogen-bond donors (Lipinski definition) is 0. The minimum absolute atomic E-state index is 0.340. The van der Waals surface area contributed by atoms with Crippen molar-refractivity contribution in [3.05, 3.63) is 12.2 Å². The maximum atomic E-state index is 12.3. The summed E-state index contributed by atoms with van der Waals surface area (Å²) >= 11 is 0. The van der Waals surface area contributed by atoms with Crippen LogP contribution >= 0.6 is 0 Å². The summed E-state index contributed by atoms with van der Waals surface area (Å²) in [4.78, 5) is 20.5. The fraction of sp³-hybridized carbons (Fsp3) is 0.556. The van der Waals surface area contributed by atoms with Crippen molar-refractivity contribution in [1.29, 1.82) is 0 Å². The van der Waals surface area contributed by atoms with E-state index in [0.717, 1.165) is 0 Å². The molecule has 0 saturated heterocycles. The van der Waals surface area contributed by atoms with Gasteiger partial charge in [0.1, 0.15) is 0 Å². The summed E-state index contributed by atoms with van der Waals surface area (Å²) in [7, 11) is 0. The smallest absolute Gasteiger partial charge is 0.453 e. The Bertz CT molecular complexity index is 334. The van der Waals surface area contributed by atoms with Gasteiger partial charge < -0.3 is 14.6 Å². The number of carbonyl (C=O) groups is 2. The van der Waals surface area contributed by atoms with Crippen LogP contribution in [-0.2, 0) is 14.3 Å². The quantitative estimate of drug-likeness (QED) is 0.311. The second-order valence-corrected chi connectivity index (χ2v) is 3.13. The highest BCUT2D eigenvalue weighted by Gasteiger charge is 2.56. The van der Waals surface area contributed by atoms with Crippen molar-refractivity contribution in [2.24, 2.45) is 0 Å². The van der Waals surface area contributed by atoms with Gasteiger partial charge in [0, 0.05) is 12.5 Å². The monoisotopic (exact) mass is 275 g/mol. The average molecular weight is 275 g/mol. The van der Waals surface area contributed by atoms with E-state index < -0.39 is 43.5 Å². The first-order valence-corrected chi connectivity index (χ1v) is 4.56. The van der Waals surface area contributed by atoms with Crippen LogP contribution < -0.4 is 5.11 Å². The topological polar surface area (TPSA) is 66.4 Å². The highest BCUT2D eigenvalue weighted by molar-refractivity contribution is 5.89. The van der Waals surface area contributed by atoms with Gasteiger partial charge >= 0.3 is 18.1 Å². The second-order valence-electron chi connectivity index (χ2n) is 3.13. The Kier molecular flexibility index (Phi) is 5.73. The Hall–Kier alpha value is -1.67. The standard InChI is InChI=1S/C9H9F5O4/c10-8(11,9(12,13)14)4-1-5-18-7(17)3-2-6(15)16/h2-3H,1,4-5H2,(H,15,16)/p-1. The highest BCUT2D eigenvalue weighted by Crippen LogP contribution is 2.38. The molecule has 0 spiro atoms. The minimum atomic E-state index is -5.65. The van der Waals surface area contributed by atoms with Crippen molar-refractivity contribution < 1.29 is 41.4 Å². The summed E-state index contributed by atoms with van der Waals surface area (Å²) in [6.45, 7) is -0.679. The Morgan fingerprint density at radius 2 is 1.67 bits per heavy atom. The van der Waals surface area contributed by atoms with Gasteiger partial charge in [-0.1, -0.05) is 0 Å². The summed E-state index contributed by atoms with van der Waals surface area (Å²) in [6.07, 6.45) is -7.08. The molecule has 18 heavy (non-hydrogen) atoms. The molecule has 0 heterocycles. The fourth-order valence-electron chi connectivity index (χ4n) is 0.793. The molecule has 0 N–H and O–H groups in total. The molecule has 9 heteroatoms. The van der Waals surface area contributed by atoms with Gasteiger partial charge in [-0.05, 0) is 12.5 Å². The van der Waals surface area contributed by atoms with Gasteiger partial charge in [0.15, 0.2) is 0 Å². The first kappa shape index (κ1) is 16.3. The van der Waals surface area contributed by atoms with Crippen LogP contribution in [-0.4, -0.2) is 30.6 Å². The van der Waals surface area contributed by atoms with Crippen molar-refractivity contribution in [3.8, 4) is 0 Å². The van der Waals surface area contributed by atoms with Crippen molar-refractivity contribution in [2.75, 3.05) is 6.61 Å². The van der Waals surface area contributed by atoms with E-state index in [1.54, 1.807) is 0 Å². The van der Waals surface area contributed by atoms with Crippen LogP contribution in [0.1, 0.15) is 12.8 Å². The number of alkyl halides is 5. The Morgan fingerprint density at radius 1 is 1.11 bits per heavy atom. The van der Waals surface area contributed by atoms with Crippen molar-refractivity contribution in [3.63, 3.8) is 0 Å². The number of carbonyl (C=O) groups excluding carboxylic acids is 2. The number of rotatable bonds is 6. The summed E-state index contributed by atoms with van der Waals surface area (Å²) in [6, 6.07) is 0. The number of esters is 1. The summed E-state index contributed by atoms with van der Waals surface area (Å²) < 4.78 is 63.9. The molecular formula is C9H8F5O4-. The van der Waals surface area contributed by atoms with Crippen LogP contribution in [0.2, 0.25) is 0 Å². The first-order valence-electron chi connectivity index (χ1n) is 4.56. The molecule has 0 aliphatic rings. The average Bonchev–Trinajstić information content (AvgIpc) is 2.19. The maximum Gasteiger partial charge on any atom is 0.453 e. The van der Waals surface area contributed by atoms with E-state index >= 15 is 0 Å². The third-order valence-electron chi connectivity index (χ3n) is 1.65. The van der Waals surface area contributed by atoms with Gasteiger partial charge in [0.25, 0.3) is 0 Å². The predicted octanol–water partition coefficient (Wildman–Crippen LogP) is 0.813. The number of carboxylic acid groups (broad SMARTS) is 1. The van der Waals surface area contributed by atoms with Crippen LogP contribution in [0.5, 0.6) is 0 Å². The van der Waals surface area contributed by atoms with E-state index in [2.05, 4.69) is 4.74 Å². The summed E-state index contributed by atoms with van der Waals surface area (Å²) in [5, 5.41) is 9.85. The van der Waals surface area contributed by atoms with Crippen LogP contribution in [0.15, 0.2) is 12.2 Å². The molecule has 0 unspecified atom stereocenters. The molecule has 0 aliphatic heterocycles. The molecule has 4 nitrogen and oxygen atoms in total. The number of aliphatic carboxylic acids is 1. The molecule has 0 aromatic carbocycles. The van der Waals surface area contributed by atoms with Crippen LogP contribution in [0, 0.1) is 0 Å². The van der Waals surface area contributed by atoms with Gasteiger partial charge in [-0.3, -0.25) is 0 Å². The summed E-state index contributed by atoms with van der Waals surface area (Å²) in [5.41, 5.74) is 0. The van der Waals surface area contributed by atoms with Crippen molar-refractivity contribution in [1.82, 2.24) is 0 Å². The highest BCUT2D eigenvalue weighted by atomic mass is 19.4. The Balaban J connectivity index is 3.95. The third-order valence-corrected chi connectivity index (χ3v) is 1.65. The number of hydrogen-bond acceptors (Lipinski definition) is 4. The lowest BCUT2D eigenvalue weighted by Gasteiger charge is -2.18. The van der Waals surface area contributed by atoms with E-state index in [-0.39, 0.29) is 0 Å². The fourth-order valence-corrected chi connectivity index (χ4v) is 0.793. The SMILES string of the molecule is O=C([O-])C=CC(=O)OCCCC(F)(F)C(F)(F)F. The van der Waals surface area contributed by atoms with E-state index in [9.17, 15) is 36.6 Å². The number of halogens is 5. The van der Waals surface area contributed by atoms with E-state index in [4.69, 9.17) is 0 Å². The van der Waals surface area contributed by atoms with Gasteiger partial charge in [-0.2, -0.15) is 22.0 Å². The first-order chi connectivity index (χ1) is 8.06. The van der Waals surface area contributed by atoms with Crippen molar-refractivity contribution >= 4 is 11.9 Å². The largest absolute Gasteiger partial charge is 0.545 e. The zero-order valence-corrected chi connectivity index (χ0v) is 8.80. The number of carboxylic acids is 1. The van der Waals surface area contributed by atoms with Gasteiger partial charge in [0.2, 0.25) is 0 Å². The molecule has 0 radical (unpaired) electrons. The van der Waals surface area contributed by atoms with E-state index in [0.29, 0.717) is 12.2 Å². The molecule has 0 rings (SSSR count). The predicted molar refractivity (Wildman–Crippen MR) is 45.3 cm³/mol. The van der Waals surface area contributed by atoms with Gasteiger partial charge in [-0.15, -0.1) is 0 Å². The Labute approximate surface area is 98.0 Å². The molecule has 0 atom stereocenters. The lowest BCUT2D eigenvalue weighted by molar-refractivity contribution is -0.297. The normalized spacial score (nSPS) is 12.7. The molecule has 0 fully saturated rings. The molecule has 0 amide bonds. The van der Waals surface area contributed by atoms with Gasteiger partial charge in [-0.25, -0.2) is 4.79 Å². The maximum absolute atomic E-state index is 12.3. The molecule has 0 aliphatic carbocycles. The lowest BCUT2D eigenvalue weighted by Crippen LogP contribution is -2.36. The molecule has 0 aromatic heterocycles. The minimum Gasteiger partial charge on any atom is -0.545 e. The molecule has 104 valence electrons.